The maximum atomic E-state index is 14.1. The molecule has 0 aliphatic carbocycles. The van der Waals surface area contributed by atoms with Crippen LogP contribution in [0.4, 0.5) is 21.6 Å². The van der Waals surface area contributed by atoms with Crippen LogP contribution in [-0.4, -0.2) is 54.9 Å². The van der Waals surface area contributed by atoms with E-state index in [1.54, 1.807) is 25.3 Å². The van der Waals surface area contributed by atoms with E-state index in [0.717, 1.165) is 23.9 Å². The lowest BCUT2D eigenvalue weighted by Gasteiger charge is -2.36. The molecule has 0 bridgehead atoms. The summed E-state index contributed by atoms with van der Waals surface area (Å²) in [5.41, 5.74) is 1.32. The molecule has 0 radical (unpaired) electrons. The third kappa shape index (κ3) is 5.47. The lowest BCUT2D eigenvalue weighted by Crippen LogP contribution is -2.47. The van der Waals surface area contributed by atoms with Crippen LogP contribution in [0, 0.1) is 5.82 Å². The molecule has 0 spiro atoms. The predicted molar refractivity (Wildman–Crippen MR) is 125 cm³/mol. The van der Waals surface area contributed by atoms with E-state index in [-0.39, 0.29) is 17.5 Å². The number of anilines is 3. The molecule has 2 aromatic carbocycles. The van der Waals surface area contributed by atoms with Gasteiger partial charge >= 0.3 is 0 Å². The number of carbonyl (C=O) groups excluding carboxylic acids is 1. The molecule has 1 aliphatic rings. The Morgan fingerprint density at radius 1 is 1.06 bits per heavy atom. The molecule has 166 valence electrons. The largest absolute Gasteiger partial charge is 0.497 e. The molecule has 3 aromatic rings. The molecule has 9 heteroatoms. The van der Waals surface area contributed by atoms with E-state index in [2.05, 4.69) is 20.2 Å². The summed E-state index contributed by atoms with van der Waals surface area (Å²) in [6.07, 6.45) is 1.51. The number of hydrogen-bond acceptors (Lipinski definition) is 7. The number of benzene rings is 2. The number of amides is 1. The minimum Gasteiger partial charge on any atom is -0.497 e. The Morgan fingerprint density at radius 2 is 1.84 bits per heavy atom. The fourth-order valence-corrected chi connectivity index (χ4v) is 4.17. The van der Waals surface area contributed by atoms with Gasteiger partial charge in [-0.1, -0.05) is 30.0 Å². The summed E-state index contributed by atoms with van der Waals surface area (Å²) >= 11 is 1.35. The van der Waals surface area contributed by atoms with Gasteiger partial charge in [-0.2, -0.15) is 0 Å². The SMILES string of the molecule is COc1cccc(NC(=O)CSc2cc(N3CCN(c4ccccc4F)CC3)ncn2)c1. The van der Waals surface area contributed by atoms with E-state index in [1.165, 1.54) is 24.2 Å². The average Bonchev–Trinajstić information content (AvgIpc) is 2.83. The molecule has 1 N–H and O–H groups in total. The number of nitrogens with one attached hydrogen (secondary N) is 1. The van der Waals surface area contributed by atoms with Crippen LogP contribution in [0.25, 0.3) is 0 Å². The van der Waals surface area contributed by atoms with E-state index in [0.29, 0.717) is 30.2 Å². The number of rotatable bonds is 7. The van der Waals surface area contributed by atoms with Crippen molar-refractivity contribution in [1.82, 2.24) is 9.97 Å². The van der Waals surface area contributed by atoms with Crippen molar-refractivity contribution in [3.8, 4) is 5.75 Å². The number of ether oxygens (including phenoxy) is 1. The van der Waals surface area contributed by atoms with Crippen LogP contribution in [0.15, 0.2) is 66.0 Å². The molecule has 1 saturated heterocycles. The molecule has 2 heterocycles. The summed E-state index contributed by atoms with van der Waals surface area (Å²) in [5, 5.41) is 3.59. The molecule has 0 saturated carbocycles. The maximum Gasteiger partial charge on any atom is 0.234 e. The van der Waals surface area contributed by atoms with E-state index in [4.69, 9.17) is 4.74 Å². The Morgan fingerprint density at radius 3 is 2.62 bits per heavy atom. The summed E-state index contributed by atoms with van der Waals surface area (Å²) in [6, 6.07) is 16.0. The monoisotopic (exact) mass is 453 g/mol. The third-order valence-corrected chi connectivity index (χ3v) is 6.05. The standard InChI is InChI=1S/C23H24FN5O2S/c1-31-18-6-4-5-17(13-18)27-22(30)15-32-23-14-21(25-16-26-23)29-11-9-28(10-12-29)20-8-3-2-7-19(20)24/h2-8,13-14,16H,9-12,15H2,1H3,(H,27,30). The van der Waals surface area contributed by atoms with Crippen LogP contribution < -0.4 is 19.9 Å². The first-order valence-corrected chi connectivity index (χ1v) is 11.2. The van der Waals surface area contributed by atoms with Gasteiger partial charge in [-0.15, -0.1) is 0 Å². The number of halogens is 1. The first-order valence-electron chi connectivity index (χ1n) is 10.3. The van der Waals surface area contributed by atoms with Crippen LogP contribution in [0.3, 0.4) is 0 Å². The number of hydrogen-bond donors (Lipinski definition) is 1. The molecule has 32 heavy (non-hydrogen) atoms. The van der Waals surface area contributed by atoms with E-state index >= 15 is 0 Å². The highest BCUT2D eigenvalue weighted by Crippen LogP contribution is 2.24. The highest BCUT2D eigenvalue weighted by Gasteiger charge is 2.20. The van der Waals surface area contributed by atoms with Crippen molar-refractivity contribution in [2.24, 2.45) is 0 Å². The molecule has 0 unspecified atom stereocenters. The van der Waals surface area contributed by atoms with Crippen LogP contribution >= 0.6 is 11.8 Å². The van der Waals surface area contributed by atoms with E-state index in [9.17, 15) is 9.18 Å². The summed E-state index contributed by atoms with van der Waals surface area (Å²) in [4.78, 5) is 25.2. The summed E-state index contributed by atoms with van der Waals surface area (Å²) in [6.45, 7) is 2.87. The highest BCUT2D eigenvalue weighted by molar-refractivity contribution is 7.99. The van der Waals surface area contributed by atoms with E-state index in [1.807, 2.05) is 35.2 Å². The Bertz CT molecular complexity index is 1080. The van der Waals surface area contributed by atoms with Gasteiger partial charge in [-0.3, -0.25) is 4.79 Å². The first-order chi connectivity index (χ1) is 15.6. The predicted octanol–water partition coefficient (Wildman–Crippen LogP) is 3.68. The van der Waals surface area contributed by atoms with Gasteiger partial charge in [-0.25, -0.2) is 14.4 Å². The van der Waals surface area contributed by atoms with Gasteiger partial charge in [0.2, 0.25) is 5.91 Å². The van der Waals surface area contributed by atoms with Gasteiger partial charge in [0.15, 0.2) is 0 Å². The Balaban J connectivity index is 1.31. The minimum absolute atomic E-state index is 0.123. The zero-order valence-electron chi connectivity index (χ0n) is 17.7. The molecule has 1 fully saturated rings. The first kappa shape index (κ1) is 21.9. The lowest BCUT2D eigenvalue weighted by atomic mass is 10.2. The van der Waals surface area contributed by atoms with Crippen LogP contribution in [0.2, 0.25) is 0 Å². The van der Waals surface area contributed by atoms with Crippen molar-refractivity contribution in [3.63, 3.8) is 0 Å². The van der Waals surface area contributed by atoms with Gasteiger partial charge in [0.05, 0.1) is 18.6 Å². The number of piperazine rings is 1. The number of carbonyl (C=O) groups is 1. The van der Waals surface area contributed by atoms with Crippen molar-refractivity contribution < 1.29 is 13.9 Å². The molecular formula is C23H24FN5O2S. The number of para-hydroxylation sites is 1. The number of thioether (sulfide) groups is 1. The summed E-state index contributed by atoms with van der Waals surface area (Å²) in [7, 11) is 1.59. The second-order valence-corrected chi connectivity index (χ2v) is 8.20. The smallest absolute Gasteiger partial charge is 0.234 e. The number of nitrogens with zero attached hydrogens (tertiary/aromatic N) is 4. The van der Waals surface area contributed by atoms with Crippen LogP contribution in [0.1, 0.15) is 0 Å². The van der Waals surface area contributed by atoms with Crippen LogP contribution in [-0.2, 0) is 4.79 Å². The molecule has 0 atom stereocenters. The van der Waals surface area contributed by atoms with Gasteiger partial charge in [0.25, 0.3) is 0 Å². The second-order valence-electron chi connectivity index (χ2n) is 7.21. The quantitative estimate of drug-likeness (QED) is 0.432. The Kier molecular flexibility index (Phi) is 7.06. The Labute approximate surface area is 190 Å². The van der Waals surface area contributed by atoms with Crippen molar-refractivity contribution in [2.75, 3.05) is 54.2 Å². The van der Waals surface area contributed by atoms with Crippen molar-refractivity contribution >= 4 is 34.9 Å². The van der Waals surface area contributed by atoms with Crippen molar-refractivity contribution in [2.45, 2.75) is 5.03 Å². The molecule has 1 aliphatic heterocycles. The zero-order valence-corrected chi connectivity index (χ0v) is 18.5. The lowest BCUT2D eigenvalue weighted by molar-refractivity contribution is -0.113. The van der Waals surface area contributed by atoms with Gasteiger partial charge in [0, 0.05) is 44.0 Å². The third-order valence-electron chi connectivity index (χ3n) is 5.13. The molecule has 4 rings (SSSR count). The Hall–Kier alpha value is -3.33. The molecule has 7 nitrogen and oxygen atoms in total. The average molecular weight is 454 g/mol. The highest BCUT2D eigenvalue weighted by atomic mass is 32.2. The summed E-state index contributed by atoms with van der Waals surface area (Å²) in [5.74, 6) is 1.40. The molecule has 1 amide bonds. The number of methoxy groups -OCH3 is 1. The maximum absolute atomic E-state index is 14.1. The second kappa shape index (κ2) is 10.3. The van der Waals surface area contributed by atoms with Gasteiger partial charge in [-0.05, 0) is 24.3 Å². The van der Waals surface area contributed by atoms with E-state index < -0.39 is 0 Å². The van der Waals surface area contributed by atoms with Crippen molar-refractivity contribution in [1.29, 1.82) is 0 Å². The van der Waals surface area contributed by atoms with Crippen molar-refractivity contribution in [3.05, 3.63) is 66.7 Å². The fourth-order valence-electron chi connectivity index (χ4n) is 3.50. The zero-order chi connectivity index (χ0) is 22.3. The van der Waals surface area contributed by atoms with Crippen LogP contribution in [0.5, 0.6) is 5.75 Å². The number of aromatic nitrogens is 2. The van der Waals surface area contributed by atoms with Gasteiger partial charge in [0.1, 0.15) is 28.7 Å². The fraction of sp³-hybridized carbons (Fsp3) is 0.261. The topological polar surface area (TPSA) is 70.6 Å². The molecular weight excluding hydrogens is 429 g/mol. The minimum atomic E-state index is -0.200. The van der Waals surface area contributed by atoms with Gasteiger partial charge < -0.3 is 19.9 Å². The molecule has 1 aromatic heterocycles. The summed E-state index contributed by atoms with van der Waals surface area (Å²) < 4.78 is 19.2. The normalized spacial score (nSPS) is 13.7.